The molecule has 0 spiro atoms. The number of fused-ring (bicyclic) bond motifs is 1. The summed E-state index contributed by atoms with van der Waals surface area (Å²) in [4.78, 5) is 25.1. The molecule has 0 saturated carbocycles. The summed E-state index contributed by atoms with van der Waals surface area (Å²) in [7, 11) is 1.62. The van der Waals surface area contributed by atoms with Crippen LogP contribution in [0.4, 0.5) is 5.69 Å². The standard InChI is InChI=1S/C28H42N2O9/c1-19-7-8-24(32)27(34)23(31)6-4-5-21-17-22(18-25(33)26(21)28(35)39-20(19)2)30-10-9-29-11-12-37-15-16-38-14-13-36-3/h4-5,7-8,17-20,23,27,29-31,33-34H,6,9-16H2,1-3H3/b5-4+,8-7-/t19-,20+,23+,27+/m1/s1. The summed E-state index contributed by atoms with van der Waals surface area (Å²) in [5.74, 6) is -1.94. The van der Waals surface area contributed by atoms with Crippen LogP contribution in [0.5, 0.6) is 5.75 Å². The molecule has 0 amide bonds. The zero-order valence-electron chi connectivity index (χ0n) is 22.9. The number of rotatable bonds is 13. The Morgan fingerprint density at radius 1 is 0.974 bits per heavy atom. The molecule has 39 heavy (non-hydrogen) atoms. The van der Waals surface area contributed by atoms with Crippen molar-refractivity contribution >= 4 is 23.5 Å². The summed E-state index contributed by atoms with van der Waals surface area (Å²) in [6.07, 6.45) is 2.23. The van der Waals surface area contributed by atoms with Gasteiger partial charge in [-0.2, -0.15) is 0 Å². The first-order valence-corrected chi connectivity index (χ1v) is 13.2. The summed E-state index contributed by atoms with van der Waals surface area (Å²) >= 11 is 0. The summed E-state index contributed by atoms with van der Waals surface area (Å²) in [6.45, 7) is 7.92. The molecular formula is C28H42N2O9. The van der Waals surface area contributed by atoms with Crippen LogP contribution in [0.3, 0.4) is 0 Å². The van der Waals surface area contributed by atoms with Crippen molar-refractivity contribution < 1.29 is 43.9 Å². The van der Waals surface area contributed by atoms with Gasteiger partial charge in [0.25, 0.3) is 0 Å². The monoisotopic (exact) mass is 550 g/mol. The SMILES string of the molecule is COCCOCCOCCNCCNc1cc(O)c2c(c1)/C=C/C[C@H](O)[C@H](O)C(=O)/C=C\[C@@H](C)[C@H](C)OC2=O. The number of carbonyl (C=O) groups excluding carboxylic acids is 2. The molecule has 0 unspecified atom stereocenters. The molecule has 0 saturated heterocycles. The topological polar surface area (TPSA) is 156 Å². The van der Waals surface area contributed by atoms with Gasteiger partial charge in [-0.1, -0.05) is 25.2 Å². The van der Waals surface area contributed by atoms with E-state index in [0.29, 0.717) is 63.9 Å². The highest BCUT2D eigenvalue weighted by Gasteiger charge is 2.25. The lowest BCUT2D eigenvalue weighted by Gasteiger charge is -2.20. The number of nitrogens with one attached hydrogen (secondary N) is 2. The predicted molar refractivity (Wildman–Crippen MR) is 147 cm³/mol. The molecule has 1 heterocycles. The predicted octanol–water partition coefficient (Wildman–Crippen LogP) is 1.52. The Morgan fingerprint density at radius 3 is 2.44 bits per heavy atom. The summed E-state index contributed by atoms with van der Waals surface area (Å²) in [5.41, 5.74) is 0.942. The number of esters is 1. The Hall–Kier alpha value is -2.80. The third-order valence-corrected chi connectivity index (χ3v) is 6.14. The molecule has 1 aliphatic heterocycles. The lowest BCUT2D eigenvalue weighted by atomic mass is 9.99. The number of carbonyl (C=O) groups is 2. The van der Waals surface area contributed by atoms with E-state index < -0.39 is 30.1 Å². The van der Waals surface area contributed by atoms with Crippen molar-refractivity contribution in [2.75, 3.05) is 65.1 Å². The minimum Gasteiger partial charge on any atom is -0.507 e. The molecule has 11 heteroatoms. The van der Waals surface area contributed by atoms with Crippen molar-refractivity contribution in [1.82, 2.24) is 5.32 Å². The number of benzene rings is 1. The van der Waals surface area contributed by atoms with Crippen LogP contribution in [0.2, 0.25) is 0 Å². The second-order valence-corrected chi connectivity index (χ2v) is 9.24. The zero-order chi connectivity index (χ0) is 28.6. The lowest BCUT2D eigenvalue weighted by Crippen LogP contribution is -2.32. The Balaban J connectivity index is 1.98. The first-order valence-electron chi connectivity index (χ1n) is 13.2. The van der Waals surface area contributed by atoms with Crippen LogP contribution in [0.25, 0.3) is 6.08 Å². The fourth-order valence-corrected chi connectivity index (χ4v) is 3.62. The minimum atomic E-state index is -1.58. The van der Waals surface area contributed by atoms with E-state index in [1.54, 1.807) is 33.1 Å². The Morgan fingerprint density at radius 2 is 1.69 bits per heavy atom. The van der Waals surface area contributed by atoms with Gasteiger partial charge in [0.15, 0.2) is 5.78 Å². The second-order valence-electron chi connectivity index (χ2n) is 9.24. The van der Waals surface area contributed by atoms with Gasteiger partial charge in [-0.3, -0.25) is 4.79 Å². The number of aliphatic hydroxyl groups excluding tert-OH is 2. The molecule has 2 rings (SSSR count). The average molecular weight is 551 g/mol. The quantitative estimate of drug-likeness (QED) is 0.179. The fraction of sp³-hybridized carbons (Fsp3) is 0.571. The number of aromatic hydroxyl groups is 1. The third kappa shape index (κ3) is 11.5. The van der Waals surface area contributed by atoms with Gasteiger partial charge in [0.2, 0.25) is 0 Å². The summed E-state index contributed by atoms with van der Waals surface area (Å²) < 4.78 is 21.3. The maximum atomic E-state index is 13.0. The number of cyclic esters (lactones) is 1. The normalized spacial score (nSPS) is 23.9. The number of methoxy groups -OCH3 is 1. The molecule has 0 aliphatic carbocycles. The Bertz CT molecular complexity index is 967. The van der Waals surface area contributed by atoms with Crippen molar-refractivity contribution in [3.8, 4) is 5.75 Å². The number of anilines is 1. The van der Waals surface area contributed by atoms with E-state index in [1.807, 2.05) is 0 Å². The lowest BCUT2D eigenvalue weighted by molar-refractivity contribution is -0.127. The first kappa shape index (κ1) is 32.4. The van der Waals surface area contributed by atoms with Gasteiger partial charge in [-0.05, 0) is 31.1 Å². The highest BCUT2D eigenvalue weighted by Crippen LogP contribution is 2.29. The number of ether oxygens (including phenoxy) is 4. The van der Waals surface area contributed by atoms with E-state index in [0.717, 1.165) is 0 Å². The van der Waals surface area contributed by atoms with Crippen molar-refractivity contribution in [1.29, 1.82) is 0 Å². The van der Waals surface area contributed by atoms with E-state index in [1.165, 1.54) is 24.3 Å². The number of hydrogen-bond donors (Lipinski definition) is 5. The van der Waals surface area contributed by atoms with E-state index in [4.69, 9.17) is 18.9 Å². The van der Waals surface area contributed by atoms with Crippen LogP contribution >= 0.6 is 0 Å². The van der Waals surface area contributed by atoms with Gasteiger partial charge in [0.05, 0.1) is 39.1 Å². The van der Waals surface area contributed by atoms with Crippen LogP contribution in [0.1, 0.15) is 36.2 Å². The zero-order valence-corrected chi connectivity index (χ0v) is 22.9. The van der Waals surface area contributed by atoms with Crippen molar-refractivity contribution in [2.45, 2.75) is 38.6 Å². The van der Waals surface area contributed by atoms with Crippen LogP contribution in [0.15, 0.2) is 30.4 Å². The van der Waals surface area contributed by atoms with Crippen LogP contribution < -0.4 is 10.6 Å². The van der Waals surface area contributed by atoms with Crippen LogP contribution in [0, 0.1) is 5.92 Å². The van der Waals surface area contributed by atoms with E-state index in [2.05, 4.69) is 10.6 Å². The van der Waals surface area contributed by atoms with Gasteiger partial charge >= 0.3 is 5.97 Å². The van der Waals surface area contributed by atoms with Crippen molar-refractivity contribution in [2.24, 2.45) is 5.92 Å². The Labute approximate surface area is 229 Å². The van der Waals surface area contributed by atoms with Crippen LogP contribution in [-0.2, 0) is 23.7 Å². The number of aliphatic hydroxyl groups is 2. The molecule has 4 atom stereocenters. The summed E-state index contributed by atoms with van der Waals surface area (Å²) in [6, 6.07) is 3.14. The third-order valence-electron chi connectivity index (χ3n) is 6.14. The van der Waals surface area contributed by atoms with E-state index >= 15 is 0 Å². The Kier molecular flexibility index (Phi) is 14.7. The number of hydrogen-bond acceptors (Lipinski definition) is 11. The molecule has 0 fully saturated rings. The van der Waals surface area contributed by atoms with Gasteiger partial charge in [0, 0.05) is 44.4 Å². The molecule has 1 aromatic rings. The summed E-state index contributed by atoms with van der Waals surface area (Å²) in [5, 5.41) is 37.5. The van der Waals surface area contributed by atoms with E-state index in [-0.39, 0.29) is 23.7 Å². The van der Waals surface area contributed by atoms with E-state index in [9.17, 15) is 24.9 Å². The number of ketones is 1. The molecule has 5 N–H and O–H groups in total. The second kappa shape index (κ2) is 17.7. The molecule has 0 aromatic heterocycles. The number of phenolic OH excluding ortho intramolecular Hbond substituents is 1. The van der Waals surface area contributed by atoms with Gasteiger partial charge in [-0.25, -0.2) is 4.79 Å². The van der Waals surface area contributed by atoms with Gasteiger partial charge in [0.1, 0.15) is 23.5 Å². The van der Waals surface area contributed by atoms with Crippen molar-refractivity contribution in [3.63, 3.8) is 0 Å². The molecule has 218 valence electrons. The van der Waals surface area contributed by atoms with Crippen LogP contribution in [-0.4, -0.2) is 105 Å². The maximum Gasteiger partial charge on any atom is 0.342 e. The van der Waals surface area contributed by atoms with Gasteiger partial charge < -0.3 is 44.9 Å². The molecule has 1 aromatic carbocycles. The molecule has 11 nitrogen and oxygen atoms in total. The minimum absolute atomic E-state index is 0.00974. The molecular weight excluding hydrogens is 508 g/mol. The maximum absolute atomic E-state index is 13.0. The highest BCUT2D eigenvalue weighted by atomic mass is 16.5. The average Bonchev–Trinajstić information content (AvgIpc) is 2.90. The molecule has 0 bridgehead atoms. The van der Waals surface area contributed by atoms with Gasteiger partial charge in [-0.15, -0.1) is 0 Å². The largest absolute Gasteiger partial charge is 0.507 e. The molecule has 0 radical (unpaired) electrons. The highest BCUT2D eigenvalue weighted by molar-refractivity contribution is 5.97. The molecule has 1 aliphatic rings. The van der Waals surface area contributed by atoms with Crippen molar-refractivity contribution in [3.05, 3.63) is 41.5 Å². The fourth-order valence-electron chi connectivity index (χ4n) is 3.62. The number of phenols is 1. The smallest absolute Gasteiger partial charge is 0.342 e. The first-order chi connectivity index (χ1) is 18.7.